The highest BCUT2D eigenvalue weighted by molar-refractivity contribution is 6.31. The van der Waals surface area contributed by atoms with Crippen LogP contribution in [-0.2, 0) is 4.79 Å². The summed E-state index contributed by atoms with van der Waals surface area (Å²) < 4.78 is 19.7. The molecule has 0 bridgehead atoms. The molecule has 5 rings (SSSR count). The molecule has 1 aliphatic rings. The standard InChI is InChI=1S/C19H13ClFN5O2/c20-12-5-3-7-14(16(12)21)26-9-10(8-15(26)27)18-22-19(28-25-18)17-11-4-1-2-6-13(11)23-24-17/h1-7,10H,8-9H2,(H,23,24). The van der Waals surface area contributed by atoms with E-state index in [1.807, 2.05) is 24.3 Å². The zero-order valence-corrected chi connectivity index (χ0v) is 15.2. The molecule has 7 nitrogen and oxygen atoms in total. The second-order valence-corrected chi connectivity index (χ2v) is 6.96. The van der Waals surface area contributed by atoms with Gasteiger partial charge in [0.15, 0.2) is 17.3 Å². The van der Waals surface area contributed by atoms with Gasteiger partial charge in [-0.2, -0.15) is 10.1 Å². The lowest BCUT2D eigenvalue weighted by Crippen LogP contribution is -2.25. The van der Waals surface area contributed by atoms with E-state index in [0.29, 0.717) is 11.5 Å². The highest BCUT2D eigenvalue weighted by Crippen LogP contribution is 2.35. The number of nitrogens with zero attached hydrogens (tertiary/aromatic N) is 4. The average molecular weight is 398 g/mol. The molecule has 28 heavy (non-hydrogen) atoms. The first-order chi connectivity index (χ1) is 13.6. The molecule has 0 saturated carbocycles. The summed E-state index contributed by atoms with van der Waals surface area (Å²) in [5.74, 6) is -0.487. The molecule has 1 N–H and O–H groups in total. The Labute approximate surface area is 163 Å². The number of carbonyl (C=O) groups is 1. The summed E-state index contributed by atoms with van der Waals surface area (Å²) in [4.78, 5) is 18.2. The number of rotatable bonds is 3. The average Bonchev–Trinajstić information content (AvgIpc) is 3.41. The molecule has 1 aliphatic heterocycles. The van der Waals surface area contributed by atoms with Gasteiger partial charge in [0, 0.05) is 24.3 Å². The van der Waals surface area contributed by atoms with Gasteiger partial charge in [-0.25, -0.2) is 4.39 Å². The first-order valence-corrected chi connectivity index (χ1v) is 9.01. The monoisotopic (exact) mass is 397 g/mol. The van der Waals surface area contributed by atoms with E-state index in [4.69, 9.17) is 16.1 Å². The Kier molecular flexibility index (Phi) is 3.87. The molecule has 140 valence electrons. The number of carbonyl (C=O) groups excluding carboxylic acids is 1. The van der Waals surface area contributed by atoms with Crippen molar-refractivity contribution in [3.05, 3.63) is 59.1 Å². The molecule has 0 spiro atoms. The van der Waals surface area contributed by atoms with Crippen molar-refractivity contribution in [2.75, 3.05) is 11.4 Å². The van der Waals surface area contributed by atoms with Crippen molar-refractivity contribution in [2.45, 2.75) is 12.3 Å². The topological polar surface area (TPSA) is 87.9 Å². The quantitative estimate of drug-likeness (QED) is 0.566. The smallest absolute Gasteiger partial charge is 0.279 e. The molecule has 1 saturated heterocycles. The number of benzene rings is 2. The Morgan fingerprint density at radius 2 is 2.07 bits per heavy atom. The number of anilines is 1. The van der Waals surface area contributed by atoms with Crippen molar-refractivity contribution in [1.29, 1.82) is 0 Å². The normalized spacial score (nSPS) is 17.0. The fraction of sp³-hybridized carbons (Fsp3) is 0.158. The molecule has 1 amide bonds. The Hall–Kier alpha value is -3.26. The number of amides is 1. The number of H-pyrrole nitrogens is 1. The Balaban J connectivity index is 1.44. The molecule has 3 heterocycles. The third-order valence-electron chi connectivity index (χ3n) is 4.83. The van der Waals surface area contributed by atoms with Gasteiger partial charge < -0.3 is 9.42 Å². The summed E-state index contributed by atoms with van der Waals surface area (Å²) in [6.07, 6.45) is 0.159. The number of aromatic nitrogens is 4. The second kappa shape index (κ2) is 6.42. The van der Waals surface area contributed by atoms with Gasteiger partial charge >= 0.3 is 0 Å². The minimum Gasteiger partial charge on any atom is -0.332 e. The number of para-hydroxylation sites is 1. The summed E-state index contributed by atoms with van der Waals surface area (Å²) in [5, 5.41) is 12.0. The van der Waals surface area contributed by atoms with Crippen LogP contribution in [0.3, 0.4) is 0 Å². The maximum absolute atomic E-state index is 14.3. The molecule has 1 atom stereocenters. The number of fused-ring (bicyclic) bond motifs is 1. The first kappa shape index (κ1) is 16.9. The van der Waals surface area contributed by atoms with E-state index in [1.165, 1.54) is 17.0 Å². The van der Waals surface area contributed by atoms with E-state index in [0.717, 1.165) is 10.9 Å². The van der Waals surface area contributed by atoms with Crippen LogP contribution in [0.2, 0.25) is 5.02 Å². The van der Waals surface area contributed by atoms with Crippen molar-refractivity contribution < 1.29 is 13.7 Å². The van der Waals surface area contributed by atoms with Crippen LogP contribution in [0.5, 0.6) is 0 Å². The molecule has 0 aliphatic carbocycles. The van der Waals surface area contributed by atoms with Gasteiger partial charge in [0.1, 0.15) is 0 Å². The molecule has 9 heteroatoms. The Bertz CT molecular complexity index is 1200. The predicted molar refractivity (Wildman–Crippen MR) is 101 cm³/mol. The molecular formula is C19H13ClFN5O2. The Morgan fingerprint density at radius 1 is 1.21 bits per heavy atom. The Morgan fingerprint density at radius 3 is 2.96 bits per heavy atom. The van der Waals surface area contributed by atoms with Gasteiger partial charge in [0.05, 0.1) is 16.2 Å². The van der Waals surface area contributed by atoms with Gasteiger partial charge in [-0.3, -0.25) is 9.89 Å². The van der Waals surface area contributed by atoms with E-state index >= 15 is 0 Å². The summed E-state index contributed by atoms with van der Waals surface area (Å²) in [7, 11) is 0. The maximum atomic E-state index is 14.3. The predicted octanol–water partition coefficient (Wildman–Crippen LogP) is 3.93. The lowest BCUT2D eigenvalue weighted by atomic mass is 10.1. The van der Waals surface area contributed by atoms with Crippen molar-refractivity contribution >= 4 is 34.1 Å². The van der Waals surface area contributed by atoms with E-state index in [1.54, 1.807) is 6.07 Å². The molecular weight excluding hydrogens is 385 g/mol. The molecule has 0 radical (unpaired) electrons. The lowest BCUT2D eigenvalue weighted by Gasteiger charge is -2.17. The van der Waals surface area contributed by atoms with E-state index in [2.05, 4.69) is 20.3 Å². The minimum absolute atomic E-state index is 0.0268. The molecule has 4 aromatic rings. The van der Waals surface area contributed by atoms with Crippen LogP contribution >= 0.6 is 11.6 Å². The molecule has 2 aromatic carbocycles. The van der Waals surface area contributed by atoms with Crippen LogP contribution in [-0.4, -0.2) is 32.8 Å². The van der Waals surface area contributed by atoms with Crippen molar-refractivity contribution in [3.8, 4) is 11.6 Å². The number of hydrogen-bond acceptors (Lipinski definition) is 5. The van der Waals surface area contributed by atoms with Gasteiger partial charge in [-0.15, -0.1) is 0 Å². The van der Waals surface area contributed by atoms with E-state index < -0.39 is 5.82 Å². The SMILES string of the molecule is O=C1CC(c2noc(-c3n[nH]c4ccccc34)n2)CN1c1cccc(Cl)c1F. The van der Waals surface area contributed by atoms with E-state index in [9.17, 15) is 9.18 Å². The number of aromatic amines is 1. The lowest BCUT2D eigenvalue weighted by molar-refractivity contribution is -0.117. The summed E-state index contributed by atoms with van der Waals surface area (Å²) in [5.41, 5.74) is 1.56. The van der Waals surface area contributed by atoms with Crippen molar-refractivity contribution in [1.82, 2.24) is 20.3 Å². The molecule has 2 aromatic heterocycles. The fourth-order valence-electron chi connectivity index (χ4n) is 3.44. The van der Waals surface area contributed by atoms with Gasteiger partial charge in [0.25, 0.3) is 5.89 Å². The van der Waals surface area contributed by atoms with Crippen LogP contribution in [0.15, 0.2) is 47.0 Å². The number of nitrogens with one attached hydrogen (secondary N) is 1. The number of halogens is 2. The summed E-state index contributed by atoms with van der Waals surface area (Å²) in [6, 6.07) is 12.2. The highest BCUT2D eigenvalue weighted by atomic mass is 35.5. The summed E-state index contributed by atoms with van der Waals surface area (Å²) >= 11 is 5.84. The zero-order valence-electron chi connectivity index (χ0n) is 14.4. The van der Waals surface area contributed by atoms with Crippen LogP contribution < -0.4 is 4.90 Å². The van der Waals surface area contributed by atoms with Crippen molar-refractivity contribution in [2.24, 2.45) is 0 Å². The maximum Gasteiger partial charge on any atom is 0.279 e. The van der Waals surface area contributed by atoms with Gasteiger partial charge in [-0.1, -0.05) is 41.0 Å². The third kappa shape index (κ3) is 2.65. The van der Waals surface area contributed by atoms with Gasteiger partial charge in [0.2, 0.25) is 5.91 Å². The van der Waals surface area contributed by atoms with E-state index in [-0.39, 0.29) is 41.4 Å². The van der Waals surface area contributed by atoms with Crippen LogP contribution in [0.1, 0.15) is 18.2 Å². The minimum atomic E-state index is -0.616. The number of hydrogen-bond donors (Lipinski definition) is 1. The fourth-order valence-corrected chi connectivity index (χ4v) is 3.61. The summed E-state index contributed by atoms with van der Waals surface area (Å²) in [6.45, 7) is 0.246. The van der Waals surface area contributed by atoms with Crippen LogP contribution in [0.25, 0.3) is 22.5 Å². The van der Waals surface area contributed by atoms with Gasteiger partial charge in [-0.05, 0) is 18.2 Å². The highest BCUT2D eigenvalue weighted by Gasteiger charge is 2.36. The third-order valence-corrected chi connectivity index (χ3v) is 5.12. The van der Waals surface area contributed by atoms with Crippen molar-refractivity contribution in [3.63, 3.8) is 0 Å². The molecule has 1 unspecified atom stereocenters. The second-order valence-electron chi connectivity index (χ2n) is 6.55. The molecule has 1 fully saturated rings. The van der Waals surface area contributed by atoms with Crippen LogP contribution in [0.4, 0.5) is 10.1 Å². The first-order valence-electron chi connectivity index (χ1n) is 8.63. The zero-order chi connectivity index (χ0) is 19.3. The largest absolute Gasteiger partial charge is 0.332 e. The van der Waals surface area contributed by atoms with Crippen LogP contribution in [0, 0.1) is 5.82 Å².